The molecule has 2 rings (SSSR count). The summed E-state index contributed by atoms with van der Waals surface area (Å²) >= 11 is 0. The first-order valence-electron chi connectivity index (χ1n) is 5.72. The van der Waals surface area contributed by atoms with E-state index in [4.69, 9.17) is 4.74 Å². The van der Waals surface area contributed by atoms with Crippen molar-refractivity contribution < 1.29 is 4.74 Å². The zero-order valence-corrected chi connectivity index (χ0v) is 10.7. The van der Waals surface area contributed by atoms with Gasteiger partial charge in [-0.05, 0) is 32.9 Å². The topological polar surface area (TPSA) is 39.9 Å². The largest absolute Gasteiger partial charge is 0.481 e. The van der Waals surface area contributed by atoms with Crippen LogP contribution < -0.4 is 4.74 Å². The molecule has 4 nitrogen and oxygen atoms in total. The van der Waals surface area contributed by atoms with Crippen LogP contribution in [0.15, 0.2) is 18.3 Å². The highest BCUT2D eigenvalue weighted by atomic mass is 16.5. The van der Waals surface area contributed by atoms with E-state index in [0.717, 1.165) is 29.1 Å². The Labute approximate surface area is 101 Å². The minimum atomic E-state index is 0.648. The Morgan fingerprint density at radius 1 is 1.35 bits per heavy atom. The number of aromatic nitrogens is 3. The second kappa shape index (κ2) is 4.57. The van der Waals surface area contributed by atoms with Gasteiger partial charge in [-0.15, -0.1) is 0 Å². The van der Waals surface area contributed by atoms with E-state index < -0.39 is 0 Å². The molecule has 0 aromatic carbocycles. The van der Waals surface area contributed by atoms with Gasteiger partial charge in [0.2, 0.25) is 5.88 Å². The molecule has 0 N–H and O–H groups in total. The molecule has 0 unspecified atom stereocenters. The highest BCUT2D eigenvalue weighted by molar-refractivity contribution is 5.72. The molecular formula is C13H17N3O. The number of pyridine rings is 1. The van der Waals surface area contributed by atoms with Gasteiger partial charge >= 0.3 is 0 Å². The third-order valence-corrected chi connectivity index (χ3v) is 2.91. The van der Waals surface area contributed by atoms with Crippen LogP contribution in [-0.4, -0.2) is 21.9 Å². The van der Waals surface area contributed by atoms with E-state index in [1.54, 1.807) is 13.3 Å². The molecule has 2 aromatic heterocycles. The molecule has 90 valence electrons. The summed E-state index contributed by atoms with van der Waals surface area (Å²) in [6.07, 6.45) is 1.73. The highest BCUT2D eigenvalue weighted by Gasteiger charge is 2.16. The lowest BCUT2D eigenvalue weighted by Crippen LogP contribution is -1.99. The van der Waals surface area contributed by atoms with Crippen molar-refractivity contribution in [3.63, 3.8) is 0 Å². The van der Waals surface area contributed by atoms with Crippen molar-refractivity contribution in [2.24, 2.45) is 0 Å². The average Bonchev–Trinajstić information content (AvgIpc) is 2.64. The Morgan fingerprint density at radius 2 is 2.12 bits per heavy atom. The summed E-state index contributed by atoms with van der Waals surface area (Å²) in [4.78, 5) is 4.23. The van der Waals surface area contributed by atoms with Crippen molar-refractivity contribution in [2.45, 2.75) is 27.3 Å². The van der Waals surface area contributed by atoms with Crippen molar-refractivity contribution in [3.8, 4) is 17.0 Å². The molecular weight excluding hydrogens is 214 g/mol. The zero-order chi connectivity index (χ0) is 12.4. The fourth-order valence-electron chi connectivity index (χ4n) is 2.14. The van der Waals surface area contributed by atoms with E-state index in [-0.39, 0.29) is 0 Å². The number of nitrogens with zero attached hydrogens (tertiary/aromatic N) is 3. The third kappa shape index (κ3) is 1.90. The van der Waals surface area contributed by atoms with E-state index in [9.17, 15) is 0 Å². The van der Waals surface area contributed by atoms with Crippen LogP contribution in [0.5, 0.6) is 5.88 Å². The van der Waals surface area contributed by atoms with Gasteiger partial charge in [0.05, 0.1) is 12.8 Å². The summed E-state index contributed by atoms with van der Waals surface area (Å²) < 4.78 is 7.30. The summed E-state index contributed by atoms with van der Waals surface area (Å²) in [6.45, 7) is 7.05. The first kappa shape index (κ1) is 11.6. The van der Waals surface area contributed by atoms with E-state index >= 15 is 0 Å². The second-order valence-electron chi connectivity index (χ2n) is 3.92. The number of hydrogen-bond donors (Lipinski definition) is 0. The maximum atomic E-state index is 5.30. The van der Waals surface area contributed by atoms with E-state index in [0.29, 0.717) is 5.88 Å². The van der Waals surface area contributed by atoms with Crippen LogP contribution in [0.3, 0.4) is 0 Å². The molecule has 0 saturated carbocycles. The first-order valence-corrected chi connectivity index (χ1v) is 5.72. The monoisotopic (exact) mass is 231 g/mol. The van der Waals surface area contributed by atoms with Gasteiger partial charge in [0.15, 0.2) is 0 Å². The molecule has 0 spiro atoms. The molecule has 0 bridgehead atoms. The van der Waals surface area contributed by atoms with Crippen molar-refractivity contribution >= 4 is 0 Å². The molecule has 0 aliphatic heterocycles. The maximum Gasteiger partial charge on any atom is 0.221 e. The summed E-state index contributed by atoms with van der Waals surface area (Å²) in [6, 6.07) is 3.93. The standard InChI is InChI=1S/C13H17N3O/c1-5-16-10(3)12(9(2)15-16)11-7-6-8-14-13(11)17-4/h6-8H,5H2,1-4H3. The summed E-state index contributed by atoms with van der Waals surface area (Å²) in [5.41, 5.74) is 4.29. The Balaban J connectivity index is 2.64. The molecule has 0 saturated heterocycles. The normalized spacial score (nSPS) is 10.6. The molecule has 17 heavy (non-hydrogen) atoms. The van der Waals surface area contributed by atoms with Crippen molar-refractivity contribution in [3.05, 3.63) is 29.7 Å². The quantitative estimate of drug-likeness (QED) is 0.815. The molecule has 4 heteroatoms. The number of aryl methyl sites for hydroxylation is 2. The molecule has 0 amide bonds. The smallest absolute Gasteiger partial charge is 0.221 e. The van der Waals surface area contributed by atoms with E-state index in [1.165, 1.54) is 0 Å². The predicted molar refractivity (Wildman–Crippen MR) is 67.2 cm³/mol. The minimum absolute atomic E-state index is 0.648. The first-order chi connectivity index (χ1) is 8.19. The number of hydrogen-bond acceptors (Lipinski definition) is 3. The zero-order valence-electron chi connectivity index (χ0n) is 10.7. The van der Waals surface area contributed by atoms with Gasteiger partial charge in [-0.2, -0.15) is 5.10 Å². The number of rotatable bonds is 3. The maximum absolute atomic E-state index is 5.30. The molecule has 0 radical (unpaired) electrons. The highest BCUT2D eigenvalue weighted by Crippen LogP contribution is 2.32. The van der Waals surface area contributed by atoms with Gasteiger partial charge in [-0.1, -0.05) is 0 Å². The van der Waals surface area contributed by atoms with Gasteiger partial charge in [-0.25, -0.2) is 4.98 Å². The molecule has 0 fully saturated rings. The Kier molecular flexibility index (Phi) is 3.13. The molecule has 0 aliphatic rings. The van der Waals surface area contributed by atoms with Crippen molar-refractivity contribution in [2.75, 3.05) is 7.11 Å². The molecule has 2 heterocycles. The van der Waals surface area contributed by atoms with Crippen LogP contribution in [0, 0.1) is 13.8 Å². The van der Waals surface area contributed by atoms with Gasteiger partial charge in [0, 0.05) is 29.6 Å². The fourth-order valence-corrected chi connectivity index (χ4v) is 2.14. The SMILES string of the molecule is CCn1nc(C)c(-c2cccnc2OC)c1C. The fraction of sp³-hybridized carbons (Fsp3) is 0.385. The van der Waals surface area contributed by atoms with Crippen LogP contribution in [0.1, 0.15) is 18.3 Å². The van der Waals surface area contributed by atoms with Crippen LogP contribution in [0.2, 0.25) is 0 Å². The lowest BCUT2D eigenvalue weighted by atomic mass is 10.1. The van der Waals surface area contributed by atoms with Gasteiger partial charge in [-0.3, -0.25) is 4.68 Å². The molecule has 0 atom stereocenters. The van der Waals surface area contributed by atoms with Crippen molar-refractivity contribution in [1.29, 1.82) is 0 Å². The van der Waals surface area contributed by atoms with Crippen LogP contribution in [0.4, 0.5) is 0 Å². The van der Waals surface area contributed by atoms with E-state index in [2.05, 4.69) is 23.9 Å². The summed E-state index contributed by atoms with van der Waals surface area (Å²) in [5, 5.41) is 4.51. The van der Waals surface area contributed by atoms with Gasteiger partial charge in [0.1, 0.15) is 0 Å². The lowest BCUT2D eigenvalue weighted by Gasteiger charge is -2.07. The summed E-state index contributed by atoms with van der Waals surface area (Å²) in [5.74, 6) is 0.648. The lowest BCUT2D eigenvalue weighted by molar-refractivity contribution is 0.399. The van der Waals surface area contributed by atoms with Crippen molar-refractivity contribution in [1.82, 2.24) is 14.8 Å². The molecule has 0 aliphatic carbocycles. The Bertz CT molecular complexity index is 531. The Morgan fingerprint density at radius 3 is 2.71 bits per heavy atom. The van der Waals surface area contributed by atoms with Crippen LogP contribution >= 0.6 is 0 Å². The van der Waals surface area contributed by atoms with Gasteiger partial charge < -0.3 is 4.74 Å². The third-order valence-electron chi connectivity index (χ3n) is 2.91. The van der Waals surface area contributed by atoms with Crippen LogP contribution in [0.25, 0.3) is 11.1 Å². The number of ether oxygens (including phenoxy) is 1. The molecule has 2 aromatic rings. The Hall–Kier alpha value is -1.84. The second-order valence-corrected chi connectivity index (χ2v) is 3.92. The summed E-state index contributed by atoms with van der Waals surface area (Å²) in [7, 11) is 1.64. The minimum Gasteiger partial charge on any atom is -0.481 e. The number of methoxy groups -OCH3 is 1. The average molecular weight is 231 g/mol. The predicted octanol–water partition coefficient (Wildman–Crippen LogP) is 2.59. The van der Waals surface area contributed by atoms with E-state index in [1.807, 2.05) is 23.7 Å². The van der Waals surface area contributed by atoms with Gasteiger partial charge in [0.25, 0.3) is 0 Å². The van der Waals surface area contributed by atoms with Crippen LogP contribution in [-0.2, 0) is 6.54 Å².